The average molecular weight is 441 g/mol. The zero-order valence-electron chi connectivity index (χ0n) is 14.0. The summed E-state index contributed by atoms with van der Waals surface area (Å²) >= 11 is 15.1. The van der Waals surface area contributed by atoms with Gasteiger partial charge in [-0.15, -0.1) is 11.3 Å². The molecule has 1 aromatic heterocycles. The Hall–Kier alpha value is -1.60. The first kappa shape index (κ1) is 20.1. The molecule has 2 aromatic carbocycles. The van der Waals surface area contributed by atoms with Crippen LogP contribution in [0.1, 0.15) is 16.8 Å². The Morgan fingerprint density at radius 3 is 2.70 bits per heavy atom. The summed E-state index contributed by atoms with van der Waals surface area (Å²) in [5.74, 6) is 0.263. The van der Waals surface area contributed by atoms with Crippen LogP contribution in [0, 0.1) is 5.82 Å². The molecule has 0 atom stereocenters. The molecule has 27 heavy (non-hydrogen) atoms. The minimum absolute atomic E-state index is 0.123. The number of nitrogens with zero attached hydrogens (tertiary/aromatic N) is 1. The largest absolute Gasteiger partial charge is 0.352 e. The number of halogens is 3. The van der Waals surface area contributed by atoms with Gasteiger partial charge in [-0.05, 0) is 35.4 Å². The molecule has 1 N–H and O–H groups in total. The lowest BCUT2D eigenvalue weighted by atomic mass is 10.2. The summed E-state index contributed by atoms with van der Waals surface area (Å²) in [6.07, 6.45) is 0.208. The predicted octanol–water partition coefficient (Wildman–Crippen LogP) is 5.74. The Kier molecular flexibility index (Phi) is 7.13. The highest BCUT2D eigenvalue weighted by Crippen LogP contribution is 2.30. The SMILES string of the molecule is O=C(Cc1csc(SCc2ccc(Cl)cc2Cl)n1)NCc1ccc(F)cc1. The molecule has 0 aliphatic rings. The molecule has 0 bridgehead atoms. The fourth-order valence-corrected chi connectivity index (χ4v) is 4.65. The Balaban J connectivity index is 1.48. The number of carbonyl (C=O) groups is 1. The molecule has 0 saturated carbocycles. The molecular weight excluding hydrogens is 426 g/mol. The van der Waals surface area contributed by atoms with Crippen molar-refractivity contribution in [2.75, 3.05) is 0 Å². The Labute approximate surface area is 174 Å². The first-order valence-corrected chi connectivity index (χ1v) is 10.6. The van der Waals surface area contributed by atoms with Gasteiger partial charge in [0.05, 0.1) is 12.1 Å². The zero-order valence-corrected chi connectivity index (χ0v) is 17.2. The monoisotopic (exact) mass is 440 g/mol. The van der Waals surface area contributed by atoms with Crippen molar-refractivity contribution < 1.29 is 9.18 Å². The van der Waals surface area contributed by atoms with Crippen LogP contribution in [-0.2, 0) is 23.5 Å². The number of hydrogen-bond acceptors (Lipinski definition) is 4. The quantitative estimate of drug-likeness (QED) is 0.476. The summed E-state index contributed by atoms with van der Waals surface area (Å²) in [4.78, 5) is 16.5. The summed E-state index contributed by atoms with van der Waals surface area (Å²) < 4.78 is 13.8. The van der Waals surface area contributed by atoms with E-state index in [9.17, 15) is 9.18 Å². The van der Waals surface area contributed by atoms with Crippen molar-refractivity contribution in [2.45, 2.75) is 23.1 Å². The molecule has 0 fully saturated rings. The molecule has 3 nitrogen and oxygen atoms in total. The first-order valence-electron chi connectivity index (χ1n) is 8.02. The number of carbonyl (C=O) groups excluding carboxylic acids is 1. The smallest absolute Gasteiger partial charge is 0.226 e. The van der Waals surface area contributed by atoms with Crippen LogP contribution in [0.15, 0.2) is 52.2 Å². The summed E-state index contributed by atoms with van der Waals surface area (Å²) in [6.45, 7) is 0.361. The zero-order chi connectivity index (χ0) is 19.2. The fraction of sp³-hybridized carbons (Fsp3) is 0.158. The lowest BCUT2D eigenvalue weighted by Gasteiger charge is -2.04. The Morgan fingerprint density at radius 1 is 1.19 bits per heavy atom. The van der Waals surface area contributed by atoms with E-state index in [1.807, 2.05) is 17.5 Å². The molecule has 1 heterocycles. The van der Waals surface area contributed by atoms with Gasteiger partial charge in [-0.3, -0.25) is 4.79 Å². The summed E-state index contributed by atoms with van der Waals surface area (Å²) in [6, 6.07) is 11.5. The number of nitrogens with one attached hydrogen (secondary N) is 1. The van der Waals surface area contributed by atoms with Gasteiger partial charge < -0.3 is 5.32 Å². The summed E-state index contributed by atoms with van der Waals surface area (Å²) in [5.41, 5.74) is 2.56. The fourth-order valence-electron chi connectivity index (χ4n) is 2.24. The van der Waals surface area contributed by atoms with E-state index in [0.29, 0.717) is 22.3 Å². The first-order chi connectivity index (χ1) is 13.0. The number of thioether (sulfide) groups is 1. The highest BCUT2D eigenvalue weighted by atomic mass is 35.5. The van der Waals surface area contributed by atoms with Crippen molar-refractivity contribution in [1.82, 2.24) is 10.3 Å². The second kappa shape index (κ2) is 9.55. The van der Waals surface area contributed by atoms with E-state index in [0.717, 1.165) is 21.2 Å². The molecular formula is C19H15Cl2FN2OS2. The van der Waals surface area contributed by atoms with Gasteiger partial charge in [-0.1, -0.05) is 53.2 Å². The standard InChI is InChI=1S/C19H15Cl2FN2OS2/c20-14-4-3-13(17(21)7-14)10-26-19-24-16(11-27-19)8-18(25)23-9-12-1-5-15(22)6-2-12/h1-7,11H,8-10H2,(H,23,25). The topological polar surface area (TPSA) is 42.0 Å². The molecule has 8 heteroatoms. The molecule has 0 unspecified atom stereocenters. The Bertz CT molecular complexity index is 932. The van der Waals surface area contributed by atoms with Gasteiger partial charge in [0.25, 0.3) is 0 Å². The van der Waals surface area contributed by atoms with E-state index in [4.69, 9.17) is 23.2 Å². The highest BCUT2D eigenvalue weighted by molar-refractivity contribution is 8.00. The third-order valence-corrected chi connectivity index (χ3v) is 6.35. The van der Waals surface area contributed by atoms with Gasteiger partial charge in [-0.2, -0.15) is 0 Å². The predicted molar refractivity (Wildman–Crippen MR) is 110 cm³/mol. The number of aromatic nitrogens is 1. The van der Waals surface area contributed by atoms with E-state index >= 15 is 0 Å². The molecule has 140 valence electrons. The van der Waals surface area contributed by atoms with Crippen molar-refractivity contribution in [1.29, 1.82) is 0 Å². The number of benzene rings is 2. The number of hydrogen-bond donors (Lipinski definition) is 1. The molecule has 0 aliphatic heterocycles. The van der Waals surface area contributed by atoms with Gasteiger partial charge >= 0.3 is 0 Å². The van der Waals surface area contributed by atoms with Crippen molar-refractivity contribution in [3.8, 4) is 0 Å². The third-order valence-electron chi connectivity index (χ3n) is 3.64. The Morgan fingerprint density at radius 2 is 1.96 bits per heavy atom. The maximum Gasteiger partial charge on any atom is 0.226 e. The maximum atomic E-state index is 12.9. The molecule has 1 amide bonds. The lowest BCUT2D eigenvalue weighted by Crippen LogP contribution is -2.24. The van der Waals surface area contributed by atoms with Crippen LogP contribution in [0.25, 0.3) is 0 Å². The van der Waals surface area contributed by atoms with Crippen molar-refractivity contribution in [2.24, 2.45) is 0 Å². The normalized spacial score (nSPS) is 10.8. The number of rotatable bonds is 7. The van der Waals surface area contributed by atoms with Gasteiger partial charge in [0, 0.05) is 27.7 Å². The van der Waals surface area contributed by atoms with Crippen LogP contribution in [0.3, 0.4) is 0 Å². The molecule has 0 spiro atoms. The van der Waals surface area contributed by atoms with Gasteiger partial charge in [0.1, 0.15) is 10.2 Å². The van der Waals surface area contributed by atoms with Gasteiger partial charge in [-0.25, -0.2) is 9.37 Å². The summed E-state index contributed by atoms with van der Waals surface area (Å²) in [5, 5.41) is 5.93. The maximum absolute atomic E-state index is 12.9. The van der Waals surface area contributed by atoms with Crippen LogP contribution in [0.4, 0.5) is 4.39 Å². The van der Waals surface area contributed by atoms with Crippen molar-refractivity contribution in [3.63, 3.8) is 0 Å². The van der Waals surface area contributed by atoms with E-state index in [1.165, 1.54) is 23.5 Å². The lowest BCUT2D eigenvalue weighted by molar-refractivity contribution is -0.120. The van der Waals surface area contributed by atoms with Crippen LogP contribution in [-0.4, -0.2) is 10.9 Å². The second-order valence-corrected chi connectivity index (χ2v) is 8.63. The van der Waals surface area contributed by atoms with Gasteiger partial charge in [0.2, 0.25) is 5.91 Å². The summed E-state index contributed by atoms with van der Waals surface area (Å²) in [7, 11) is 0. The average Bonchev–Trinajstić information content (AvgIpc) is 3.08. The molecule has 0 saturated heterocycles. The third kappa shape index (κ3) is 6.21. The molecule has 0 radical (unpaired) electrons. The van der Waals surface area contributed by atoms with Gasteiger partial charge in [0.15, 0.2) is 0 Å². The van der Waals surface area contributed by atoms with Crippen LogP contribution in [0.5, 0.6) is 0 Å². The number of amides is 1. The minimum atomic E-state index is -0.294. The second-order valence-electron chi connectivity index (χ2n) is 5.71. The van der Waals surface area contributed by atoms with E-state index in [2.05, 4.69) is 10.3 Å². The molecule has 0 aliphatic carbocycles. The van der Waals surface area contributed by atoms with Crippen LogP contribution < -0.4 is 5.32 Å². The van der Waals surface area contributed by atoms with E-state index in [1.54, 1.807) is 30.0 Å². The molecule has 3 rings (SSSR count). The van der Waals surface area contributed by atoms with Crippen LogP contribution >= 0.6 is 46.3 Å². The minimum Gasteiger partial charge on any atom is -0.352 e. The van der Waals surface area contributed by atoms with Crippen molar-refractivity contribution in [3.05, 3.63) is 80.5 Å². The van der Waals surface area contributed by atoms with E-state index in [-0.39, 0.29) is 18.1 Å². The highest BCUT2D eigenvalue weighted by Gasteiger charge is 2.09. The van der Waals surface area contributed by atoms with Crippen molar-refractivity contribution >= 4 is 52.2 Å². The number of thiazole rings is 1. The van der Waals surface area contributed by atoms with E-state index < -0.39 is 0 Å². The molecule has 3 aromatic rings. The van der Waals surface area contributed by atoms with Crippen LogP contribution in [0.2, 0.25) is 10.0 Å².